The Labute approximate surface area is 175 Å². The van der Waals surface area contributed by atoms with Crippen LogP contribution in [0.4, 0.5) is 14.9 Å². The number of fused-ring (bicyclic) bond motifs is 1. The smallest absolute Gasteiger partial charge is 0.324 e. The minimum atomic E-state index is -0.312. The van der Waals surface area contributed by atoms with E-state index in [4.69, 9.17) is 4.74 Å². The van der Waals surface area contributed by atoms with Crippen LogP contribution >= 0.6 is 0 Å². The van der Waals surface area contributed by atoms with Gasteiger partial charge in [0.15, 0.2) is 0 Å². The molecular formula is C23H26FN3O3. The molecule has 1 N–H and O–H groups in total. The Hall–Kier alpha value is -3.09. The van der Waals surface area contributed by atoms with Crippen molar-refractivity contribution in [2.75, 3.05) is 24.5 Å². The van der Waals surface area contributed by atoms with Crippen molar-refractivity contribution in [1.82, 2.24) is 10.2 Å². The third-order valence-corrected chi connectivity index (χ3v) is 5.65. The highest BCUT2D eigenvalue weighted by Gasteiger charge is 2.33. The molecule has 2 aliphatic rings. The molecule has 1 fully saturated rings. The molecule has 2 aromatic rings. The Morgan fingerprint density at radius 1 is 1.13 bits per heavy atom. The fourth-order valence-electron chi connectivity index (χ4n) is 4.05. The summed E-state index contributed by atoms with van der Waals surface area (Å²) in [6.45, 7) is 3.82. The number of halogens is 1. The number of rotatable bonds is 3. The van der Waals surface area contributed by atoms with Crippen LogP contribution in [0.25, 0.3) is 0 Å². The summed E-state index contributed by atoms with van der Waals surface area (Å²) in [5.41, 5.74) is 1.52. The van der Waals surface area contributed by atoms with Crippen LogP contribution in [0.1, 0.15) is 25.3 Å². The van der Waals surface area contributed by atoms with Crippen LogP contribution in [0, 0.1) is 11.7 Å². The highest BCUT2D eigenvalue weighted by atomic mass is 19.1. The number of nitrogens with zero attached hydrogens (tertiary/aromatic N) is 2. The summed E-state index contributed by atoms with van der Waals surface area (Å²) in [5, 5.41) is 2.89. The van der Waals surface area contributed by atoms with Crippen LogP contribution in [0.15, 0.2) is 48.5 Å². The molecule has 0 bridgehead atoms. The van der Waals surface area contributed by atoms with E-state index < -0.39 is 0 Å². The number of nitrogens with one attached hydrogen (secondary N) is 1. The van der Waals surface area contributed by atoms with Gasteiger partial charge in [0.25, 0.3) is 0 Å². The highest BCUT2D eigenvalue weighted by molar-refractivity contribution is 5.94. The lowest BCUT2D eigenvalue weighted by Gasteiger charge is -2.39. The van der Waals surface area contributed by atoms with E-state index >= 15 is 0 Å². The molecule has 0 spiro atoms. The maximum absolute atomic E-state index is 13.3. The topological polar surface area (TPSA) is 61.9 Å². The van der Waals surface area contributed by atoms with E-state index in [0.29, 0.717) is 39.0 Å². The quantitative estimate of drug-likeness (QED) is 0.840. The van der Waals surface area contributed by atoms with Crippen LogP contribution in [0.5, 0.6) is 5.75 Å². The molecule has 0 saturated carbocycles. The number of anilines is 1. The molecule has 0 unspecified atom stereocenters. The first kappa shape index (κ1) is 20.2. The number of likely N-dealkylation sites (tertiary alicyclic amines) is 1. The fourth-order valence-corrected chi connectivity index (χ4v) is 4.05. The van der Waals surface area contributed by atoms with Gasteiger partial charge in [-0.05, 0) is 49.6 Å². The van der Waals surface area contributed by atoms with E-state index in [1.165, 1.54) is 12.1 Å². The van der Waals surface area contributed by atoms with Crippen molar-refractivity contribution in [2.45, 2.75) is 32.4 Å². The number of piperidine rings is 1. The summed E-state index contributed by atoms with van der Waals surface area (Å²) in [6.07, 6.45) is 1.15. The number of benzene rings is 2. The second-order valence-electron chi connectivity index (χ2n) is 7.90. The average molecular weight is 411 g/mol. The van der Waals surface area contributed by atoms with E-state index in [0.717, 1.165) is 17.0 Å². The molecule has 158 valence electrons. The Bertz CT molecular complexity index is 927. The van der Waals surface area contributed by atoms with Crippen molar-refractivity contribution in [2.24, 2.45) is 5.92 Å². The van der Waals surface area contributed by atoms with Crippen LogP contribution < -0.4 is 15.0 Å². The first-order valence-electron chi connectivity index (χ1n) is 10.4. The lowest BCUT2D eigenvalue weighted by atomic mass is 9.96. The Morgan fingerprint density at radius 3 is 2.67 bits per heavy atom. The molecule has 0 radical (unpaired) electrons. The van der Waals surface area contributed by atoms with E-state index in [1.54, 1.807) is 17.0 Å². The number of urea groups is 1. The second-order valence-corrected chi connectivity index (χ2v) is 7.90. The third-order valence-electron chi connectivity index (χ3n) is 5.65. The second kappa shape index (κ2) is 8.73. The molecule has 1 atom stereocenters. The standard InChI is InChI=1S/C23H26FN3O3/c1-16-15-27(20-7-2-3-8-21(20)30-16)23(29)26-11-9-18(10-12-26)22(28)25-14-17-5-4-6-19(24)13-17/h2-8,13,16,18H,9-12,14-15H2,1H3,(H,25,28)/t16-/m0/s1. The summed E-state index contributed by atoms with van der Waals surface area (Å²) < 4.78 is 19.1. The minimum absolute atomic E-state index is 0.0447. The number of carbonyl (C=O) groups is 2. The van der Waals surface area contributed by atoms with Gasteiger partial charge in [-0.2, -0.15) is 0 Å². The summed E-state index contributed by atoms with van der Waals surface area (Å²) in [6, 6.07) is 13.7. The zero-order valence-electron chi connectivity index (χ0n) is 17.0. The molecule has 30 heavy (non-hydrogen) atoms. The molecule has 4 rings (SSSR count). The molecule has 1 saturated heterocycles. The zero-order valence-corrected chi connectivity index (χ0v) is 17.0. The Morgan fingerprint density at radius 2 is 1.90 bits per heavy atom. The Balaban J connectivity index is 1.32. The number of hydrogen-bond donors (Lipinski definition) is 1. The predicted octanol–water partition coefficient (Wildman–Crippen LogP) is 3.56. The predicted molar refractivity (Wildman–Crippen MR) is 112 cm³/mol. The van der Waals surface area contributed by atoms with E-state index in [1.807, 2.05) is 36.1 Å². The summed E-state index contributed by atoms with van der Waals surface area (Å²) >= 11 is 0. The minimum Gasteiger partial charge on any atom is -0.487 e. The SMILES string of the molecule is C[C@H]1CN(C(=O)N2CCC(C(=O)NCc3cccc(F)c3)CC2)c2ccccc2O1. The summed E-state index contributed by atoms with van der Waals surface area (Å²) in [4.78, 5) is 29.2. The fraction of sp³-hybridized carbons (Fsp3) is 0.391. The third kappa shape index (κ3) is 4.40. The maximum Gasteiger partial charge on any atom is 0.324 e. The van der Waals surface area contributed by atoms with Gasteiger partial charge in [-0.1, -0.05) is 24.3 Å². The molecular weight excluding hydrogens is 385 g/mol. The van der Waals surface area contributed by atoms with Gasteiger partial charge in [-0.15, -0.1) is 0 Å². The van der Waals surface area contributed by atoms with E-state index in [2.05, 4.69) is 5.32 Å². The molecule has 2 aromatic carbocycles. The average Bonchev–Trinajstić information content (AvgIpc) is 2.76. The van der Waals surface area contributed by atoms with Gasteiger partial charge in [0.1, 0.15) is 17.7 Å². The largest absolute Gasteiger partial charge is 0.487 e. The highest BCUT2D eigenvalue weighted by Crippen LogP contribution is 2.34. The summed E-state index contributed by atoms with van der Waals surface area (Å²) in [5.74, 6) is 0.221. The van der Waals surface area contributed by atoms with Crippen LogP contribution in [0.3, 0.4) is 0 Å². The molecule has 6 nitrogen and oxygen atoms in total. The lowest BCUT2D eigenvalue weighted by Crippen LogP contribution is -2.52. The number of carbonyl (C=O) groups excluding carboxylic acids is 2. The molecule has 0 aromatic heterocycles. The van der Waals surface area contributed by atoms with Crippen molar-refractivity contribution in [1.29, 1.82) is 0 Å². The number of hydrogen-bond acceptors (Lipinski definition) is 3. The number of para-hydroxylation sites is 2. The van der Waals surface area contributed by atoms with E-state index in [9.17, 15) is 14.0 Å². The first-order valence-corrected chi connectivity index (χ1v) is 10.4. The van der Waals surface area contributed by atoms with Crippen LogP contribution in [-0.2, 0) is 11.3 Å². The van der Waals surface area contributed by atoms with Gasteiger partial charge in [0.2, 0.25) is 5.91 Å². The van der Waals surface area contributed by atoms with Crippen molar-refractivity contribution < 1.29 is 18.7 Å². The van der Waals surface area contributed by atoms with Gasteiger partial charge in [-0.25, -0.2) is 9.18 Å². The maximum atomic E-state index is 13.3. The van der Waals surface area contributed by atoms with Crippen LogP contribution in [-0.4, -0.2) is 42.6 Å². The van der Waals surface area contributed by atoms with Crippen molar-refractivity contribution in [3.05, 3.63) is 59.9 Å². The zero-order chi connectivity index (χ0) is 21.1. The lowest BCUT2D eigenvalue weighted by molar-refractivity contribution is -0.126. The van der Waals surface area contributed by atoms with Crippen LogP contribution in [0.2, 0.25) is 0 Å². The Kier molecular flexibility index (Phi) is 5.88. The first-order chi connectivity index (χ1) is 14.5. The molecule has 3 amide bonds. The van der Waals surface area contributed by atoms with Gasteiger partial charge in [0.05, 0.1) is 12.2 Å². The summed E-state index contributed by atoms with van der Waals surface area (Å²) in [7, 11) is 0. The van der Waals surface area contributed by atoms with Crippen molar-refractivity contribution in [3.63, 3.8) is 0 Å². The molecule has 2 aliphatic heterocycles. The monoisotopic (exact) mass is 411 g/mol. The van der Waals surface area contributed by atoms with Gasteiger partial charge >= 0.3 is 6.03 Å². The molecule has 0 aliphatic carbocycles. The van der Waals surface area contributed by atoms with Gasteiger partial charge in [-0.3, -0.25) is 9.69 Å². The molecule has 2 heterocycles. The van der Waals surface area contributed by atoms with E-state index in [-0.39, 0.29) is 29.8 Å². The van der Waals surface area contributed by atoms with Crippen molar-refractivity contribution in [3.8, 4) is 5.75 Å². The number of amides is 3. The van der Waals surface area contributed by atoms with Crippen molar-refractivity contribution >= 4 is 17.6 Å². The normalized spacial score (nSPS) is 19.1. The van der Waals surface area contributed by atoms with Gasteiger partial charge in [0, 0.05) is 25.6 Å². The number of ether oxygens (including phenoxy) is 1. The van der Waals surface area contributed by atoms with Gasteiger partial charge < -0.3 is 15.0 Å². The molecule has 7 heteroatoms.